The molecule has 0 fully saturated rings. The SMILES string of the molecule is NC(CCN1Cc2ccccc2C1)c1ccc(Cl)cc1. The molecule has 0 saturated carbocycles. The summed E-state index contributed by atoms with van der Waals surface area (Å²) in [5.41, 5.74) is 10.3. The lowest BCUT2D eigenvalue weighted by Gasteiger charge is -2.18. The van der Waals surface area contributed by atoms with E-state index in [1.807, 2.05) is 24.3 Å². The first-order valence-electron chi connectivity index (χ1n) is 7.02. The van der Waals surface area contributed by atoms with E-state index in [1.54, 1.807) is 0 Å². The van der Waals surface area contributed by atoms with Gasteiger partial charge in [-0.25, -0.2) is 0 Å². The van der Waals surface area contributed by atoms with E-state index in [1.165, 1.54) is 11.1 Å². The first kappa shape index (κ1) is 13.6. The summed E-state index contributed by atoms with van der Waals surface area (Å²) in [5, 5.41) is 0.760. The van der Waals surface area contributed by atoms with Crippen molar-refractivity contribution < 1.29 is 0 Å². The van der Waals surface area contributed by atoms with Crippen LogP contribution in [-0.4, -0.2) is 11.4 Å². The Kier molecular flexibility index (Phi) is 4.06. The quantitative estimate of drug-likeness (QED) is 0.927. The fourth-order valence-corrected chi connectivity index (χ4v) is 2.89. The number of rotatable bonds is 4. The normalized spacial score (nSPS) is 16.1. The van der Waals surface area contributed by atoms with Crippen molar-refractivity contribution >= 4 is 11.6 Å². The predicted octanol–water partition coefficient (Wildman–Crippen LogP) is 3.75. The molecule has 0 radical (unpaired) electrons. The van der Waals surface area contributed by atoms with Crippen molar-refractivity contribution in [3.05, 3.63) is 70.2 Å². The highest BCUT2D eigenvalue weighted by molar-refractivity contribution is 6.30. The fraction of sp³-hybridized carbons (Fsp3) is 0.294. The molecular formula is C17H19ClN2. The van der Waals surface area contributed by atoms with E-state index in [2.05, 4.69) is 29.2 Å². The molecule has 1 atom stereocenters. The molecule has 0 bridgehead atoms. The lowest BCUT2D eigenvalue weighted by atomic mass is 10.0. The number of halogens is 1. The lowest BCUT2D eigenvalue weighted by Crippen LogP contribution is -2.22. The van der Waals surface area contributed by atoms with E-state index >= 15 is 0 Å². The molecule has 104 valence electrons. The predicted molar refractivity (Wildman–Crippen MR) is 83.6 cm³/mol. The standard InChI is InChI=1S/C17H19ClN2/c18-16-7-5-13(6-8-16)17(19)9-10-20-11-14-3-1-2-4-15(14)12-20/h1-8,17H,9-12,19H2. The molecule has 1 unspecified atom stereocenters. The van der Waals surface area contributed by atoms with Crippen LogP contribution in [0.25, 0.3) is 0 Å². The van der Waals surface area contributed by atoms with E-state index in [4.69, 9.17) is 17.3 Å². The summed E-state index contributed by atoms with van der Waals surface area (Å²) >= 11 is 5.90. The van der Waals surface area contributed by atoms with Crippen LogP contribution in [0.15, 0.2) is 48.5 Å². The smallest absolute Gasteiger partial charge is 0.0406 e. The molecule has 2 aromatic carbocycles. The molecule has 0 aromatic heterocycles. The van der Waals surface area contributed by atoms with Crippen LogP contribution in [0.5, 0.6) is 0 Å². The lowest BCUT2D eigenvalue weighted by molar-refractivity contribution is 0.272. The number of fused-ring (bicyclic) bond motifs is 1. The number of nitrogens with zero attached hydrogens (tertiary/aromatic N) is 1. The summed E-state index contributed by atoms with van der Waals surface area (Å²) in [6, 6.07) is 16.6. The van der Waals surface area contributed by atoms with Gasteiger partial charge < -0.3 is 5.73 Å². The van der Waals surface area contributed by atoms with E-state index in [-0.39, 0.29) is 6.04 Å². The molecule has 2 nitrogen and oxygen atoms in total. The second kappa shape index (κ2) is 5.96. The maximum Gasteiger partial charge on any atom is 0.0406 e. The Balaban J connectivity index is 1.55. The third-order valence-corrected chi connectivity index (χ3v) is 4.21. The molecule has 1 aliphatic heterocycles. The zero-order chi connectivity index (χ0) is 13.9. The number of hydrogen-bond acceptors (Lipinski definition) is 2. The van der Waals surface area contributed by atoms with E-state index in [0.717, 1.165) is 36.6 Å². The van der Waals surface area contributed by atoms with Gasteiger partial charge in [0, 0.05) is 30.7 Å². The van der Waals surface area contributed by atoms with Crippen LogP contribution < -0.4 is 5.73 Å². The molecule has 2 N–H and O–H groups in total. The van der Waals surface area contributed by atoms with Crippen molar-refractivity contribution in [2.24, 2.45) is 5.73 Å². The van der Waals surface area contributed by atoms with Gasteiger partial charge in [0.1, 0.15) is 0 Å². The van der Waals surface area contributed by atoms with Gasteiger partial charge in [-0.15, -0.1) is 0 Å². The van der Waals surface area contributed by atoms with Crippen molar-refractivity contribution in [3.8, 4) is 0 Å². The van der Waals surface area contributed by atoms with Crippen LogP contribution >= 0.6 is 11.6 Å². The zero-order valence-corrected chi connectivity index (χ0v) is 12.2. The van der Waals surface area contributed by atoms with Crippen LogP contribution in [-0.2, 0) is 13.1 Å². The Morgan fingerprint density at radius 3 is 2.20 bits per heavy atom. The zero-order valence-electron chi connectivity index (χ0n) is 11.4. The summed E-state index contributed by atoms with van der Waals surface area (Å²) in [6.07, 6.45) is 0.968. The largest absolute Gasteiger partial charge is 0.324 e. The number of nitrogens with two attached hydrogens (primary N) is 1. The van der Waals surface area contributed by atoms with Crippen LogP contribution in [0.4, 0.5) is 0 Å². The van der Waals surface area contributed by atoms with Gasteiger partial charge in [-0.3, -0.25) is 4.90 Å². The third kappa shape index (κ3) is 3.04. The third-order valence-electron chi connectivity index (χ3n) is 3.96. The van der Waals surface area contributed by atoms with Crippen molar-refractivity contribution in [1.29, 1.82) is 0 Å². The van der Waals surface area contributed by atoms with Gasteiger partial charge in [0.25, 0.3) is 0 Å². The molecule has 0 saturated heterocycles. The van der Waals surface area contributed by atoms with Crippen LogP contribution in [0.1, 0.15) is 29.2 Å². The highest BCUT2D eigenvalue weighted by atomic mass is 35.5. The summed E-state index contributed by atoms with van der Waals surface area (Å²) in [7, 11) is 0. The molecule has 0 aliphatic carbocycles. The number of benzene rings is 2. The van der Waals surface area contributed by atoms with E-state index < -0.39 is 0 Å². The summed E-state index contributed by atoms with van der Waals surface area (Å²) in [6.45, 7) is 3.12. The topological polar surface area (TPSA) is 29.3 Å². The second-order valence-corrected chi connectivity index (χ2v) is 5.86. The van der Waals surface area contributed by atoms with E-state index in [0.29, 0.717) is 0 Å². The van der Waals surface area contributed by atoms with Gasteiger partial charge in [0.05, 0.1) is 0 Å². The van der Waals surface area contributed by atoms with Crippen molar-refractivity contribution in [2.45, 2.75) is 25.6 Å². The van der Waals surface area contributed by atoms with Gasteiger partial charge >= 0.3 is 0 Å². The average molecular weight is 287 g/mol. The number of hydrogen-bond donors (Lipinski definition) is 1. The molecule has 20 heavy (non-hydrogen) atoms. The van der Waals surface area contributed by atoms with Crippen molar-refractivity contribution in [2.75, 3.05) is 6.54 Å². The molecule has 0 amide bonds. The minimum absolute atomic E-state index is 0.0796. The summed E-state index contributed by atoms with van der Waals surface area (Å²) in [4.78, 5) is 2.46. The van der Waals surface area contributed by atoms with Gasteiger partial charge in [-0.2, -0.15) is 0 Å². The minimum atomic E-state index is 0.0796. The maximum absolute atomic E-state index is 6.26. The van der Waals surface area contributed by atoms with Gasteiger partial charge in [-0.1, -0.05) is 48.0 Å². The fourth-order valence-electron chi connectivity index (χ4n) is 2.76. The Hall–Kier alpha value is -1.35. The Labute approximate surface area is 125 Å². The summed E-state index contributed by atoms with van der Waals surface area (Å²) in [5.74, 6) is 0. The molecule has 0 spiro atoms. The van der Waals surface area contributed by atoms with Crippen molar-refractivity contribution in [3.63, 3.8) is 0 Å². The van der Waals surface area contributed by atoms with Gasteiger partial charge in [0.15, 0.2) is 0 Å². The van der Waals surface area contributed by atoms with Gasteiger partial charge in [-0.05, 0) is 35.2 Å². The Morgan fingerprint density at radius 1 is 1.00 bits per heavy atom. The van der Waals surface area contributed by atoms with Crippen LogP contribution in [0.2, 0.25) is 5.02 Å². The Bertz CT molecular complexity index is 555. The average Bonchev–Trinajstić information content (AvgIpc) is 2.88. The van der Waals surface area contributed by atoms with Crippen LogP contribution in [0.3, 0.4) is 0 Å². The molecule has 1 heterocycles. The summed E-state index contributed by atoms with van der Waals surface area (Å²) < 4.78 is 0. The highest BCUT2D eigenvalue weighted by Crippen LogP contribution is 2.24. The Morgan fingerprint density at radius 2 is 1.60 bits per heavy atom. The van der Waals surface area contributed by atoms with Crippen LogP contribution in [0, 0.1) is 0 Å². The second-order valence-electron chi connectivity index (χ2n) is 5.43. The van der Waals surface area contributed by atoms with Gasteiger partial charge in [0.2, 0.25) is 0 Å². The molecule has 3 rings (SSSR count). The molecule has 1 aliphatic rings. The highest BCUT2D eigenvalue weighted by Gasteiger charge is 2.18. The maximum atomic E-state index is 6.26. The molecule has 3 heteroatoms. The molecular weight excluding hydrogens is 268 g/mol. The van der Waals surface area contributed by atoms with Crippen molar-refractivity contribution in [1.82, 2.24) is 4.90 Å². The minimum Gasteiger partial charge on any atom is -0.324 e. The molecule has 2 aromatic rings. The van der Waals surface area contributed by atoms with E-state index in [9.17, 15) is 0 Å². The monoisotopic (exact) mass is 286 g/mol. The first-order chi connectivity index (χ1) is 9.72. The first-order valence-corrected chi connectivity index (χ1v) is 7.40.